The van der Waals surface area contributed by atoms with Crippen LogP contribution in [-0.2, 0) is 10.6 Å². The lowest BCUT2D eigenvalue weighted by Crippen LogP contribution is -2.25. The van der Waals surface area contributed by atoms with Crippen LogP contribution in [0.5, 0.6) is 5.75 Å². The number of nitrogens with zero attached hydrogens (tertiary/aromatic N) is 2. The highest BCUT2D eigenvalue weighted by Gasteiger charge is 2.31. The number of benzene rings is 2. The van der Waals surface area contributed by atoms with Crippen LogP contribution in [0.3, 0.4) is 0 Å². The highest BCUT2D eigenvalue weighted by atomic mass is 31.1. The second-order valence-corrected chi connectivity index (χ2v) is 12.0. The summed E-state index contributed by atoms with van der Waals surface area (Å²) in [5.74, 6) is 0.448. The molecule has 1 heterocycles. The van der Waals surface area contributed by atoms with Crippen LogP contribution in [-0.4, -0.2) is 29.4 Å². The Balaban J connectivity index is 1.96. The van der Waals surface area contributed by atoms with Crippen molar-refractivity contribution in [3.8, 4) is 5.75 Å². The van der Waals surface area contributed by atoms with Crippen molar-refractivity contribution in [2.24, 2.45) is 5.10 Å². The molecule has 2 aromatic carbocycles. The van der Waals surface area contributed by atoms with E-state index in [1.165, 1.54) is 35.7 Å². The van der Waals surface area contributed by atoms with Gasteiger partial charge in [0.15, 0.2) is 0 Å². The van der Waals surface area contributed by atoms with Gasteiger partial charge in [0.2, 0.25) is 0 Å². The average Bonchev–Trinajstić information content (AvgIpc) is 2.74. The second kappa shape index (κ2) is 9.74. The van der Waals surface area contributed by atoms with Gasteiger partial charge >= 0.3 is 0 Å². The Bertz CT molecular complexity index is 925. The Morgan fingerprint density at radius 2 is 1.74 bits per heavy atom. The first-order chi connectivity index (χ1) is 14.6. The summed E-state index contributed by atoms with van der Waals surface area (Å²) in [6.45, 7) is 15.4. The first-order valence-electron chi connectivity index (χ1n) is 11.6. The van der Waals surface area contributed by atoms with Crippen molar-refractivity contribution >= 4 is 20.1 Å². The fourth-order valence-electron chi connectivity index (χ4n) is 4.14. The van der Waals surface area contributed by atoms with Crippen LogP contribution in [0, 0.1) is 6.92 Å². The van der Waals surface area contributed by atoms with Crippen molar-refractivity contribution in [3.05, 3.63) is 58.7 Å². The average molecular weight is 439 g/mol. The number of phenols is 1. The Morgan fingerprint density at radius 1 is 1.06 bits per heavy atom. The molecule has 0 radical (unpaired) electrons. The molecule has 4 heteroatoms. The van der Waals surface area contributed by atoms with Gasteiger partial charge in [-0.05, 0) is 54.5 Å². The first-order valence-corrected chi connectivity index (χ1v) is 12.6. The van der Waals surface area contributed by atoms with Gasteiger partial charge in [-0.15, -0.1) is 0 Å². The van der Waals surface area contributed by atoms with E-state index in [9.17, 15) is 5.11 Å². The predicted octanol–water partition coefficient (Wildman–Crippen LogP) is 6.45. The van der Waals surface area contributed by atoms with Gasteiger partial charge in [0, 0.05) is 29.4 Å². The van der Waals surface area contributed by atoms with E-state index < -0.39 is 0 Å². The minimum Gasteiger partial charge on any atom is -0.507 e. The predicted molar refractivity (Wildman–Crippen MR) is 137 cm³/mol. The largest absolute Gasteiger partial charge is 0.507 e. The molecule has 31 heavy (non-hydrogen) atoms. The van der Waals surface area contributed by atoms with E-state index in [1.54, 1.807) is 0 Å². The van der Waals surface area contributed by atoms with Crippen molar-refractivity contribution in [2.75, 3.05) is 13.1 Å². The lowest BCUT2D eigenvalue weighted by atomic mass is 9.82. The number of hydrazone groups is 1. The molecule has 1 fully saturated rings. The van der Waals surface area contributed by atoms with Gasteiger partial charge < -0.3 is 5.11 Å². The lowest BCUT2D eigenvalue weighted by molar-refractivity contribution is 0.240. The number of hydrogen-bond donors (Lipinski definition) is 1. The third kappa shape index (κ3) is 5.69. The SMILES string of the molecule is CCC(C)(Pc1ccccc1/C=N/N1CCCCC1)c1cc(C(C)(C)C)cc(C)c1O. The standard InChI is InChI=1S/C27H39N2OP/c1-7-27(6,23-18-22(26(3,4)5)17-20(2)25(23)30)31-24-14-10-9-13-21(24)19-28-29-15-11-8-12-16-29/h9-10,13-14,17-19,30-31H,7-8,11-12,15-16H2,1-6H3/b28-19+. The number of hydrogen-bond acceptors (Lipinski definition) is 3. The number of aryl methyl sites for hydroxylation is 1. The van der Waals surface area contributed by atoms with Crippen LogP contribution in [0.2, 0.25) is 0 Å². The zero-order valence-corrected chi connectivity index (χ0v) is 21.1. The topological polar surface area (TPSA) is 35.8 Å². The van der Waals surface area contributed by atoms with Crippen LogP contribution in [0.15, 0.2) is 41.5 Å². The van der Waals surface area contributed by atoms with Gasteiger partial charge in [-0.3, -0.25) is 5.01 Å². The maximum Gasteiger partial charge on any atom is 0.122 e. The summed E-state index contributed by atoms with van der Waals surface area (Å²) in [4.78, 5) is 0. The van der Waals surface area contributed by atoms with Crippen LogP contribution >= 0.6 is 8.58 Å². The molecule has 2 atom stereocenters. The van der Waals surface area contributed by atoms with Crippen molar-refractivity contribution in [1.82, 2.24) is 5.01 Å². The van der Waals surface area contributed by atoms with Crippen molar-refractivity contribution in [1.29, 1.82) is 0 Å². The number of rotatable bonds is 6. The molecule has 168 valence electrons. The van der Waals surface area contributed by atoms with E-state index in [2.05, 4.69) is 76.0 Å². The normalized spacial score (nSPS) is 17.5. The van der Waals surface area contributed by atoms with Crippen LogP contribution < -0.4 is 5.30 Å². The molecule has 2 unspecified atom stereocenters. The van der Waals surface area contributed by atoms with Gasteiger partial charge in [0.25, 0.3) is 0 Å². The minimum atomic E-state index is -0.134. The van der Waals surface area contributed by atoms with Crippen molar-refractivity contribution in [2.45, 2.75) is 77.8 Å². The molecule has 1 aliphatic rings. The summed E-state index contributed by atoms with van der Waals surface area (Å²) in [5, 5.41) is 19.2. The molecule has 3 rings (SSSR count). The van der Waals surface area contributed by atoms with E-state index in [0.29, 0.717) is 14.3 Å². The third-order valence-corrected chi connectivity index (χ3v) is 8.43. The lowest BCUT2D eigenvalue weighted by Gasteiger charge is -2.33. The zero-order valence-electron chi connectivity index (χ0n) is 20.1. The van der Waals surface area contributed by atoms with E-state index >= 15 is 0 Å². The first kappa shape index (κ1) is 23.8. The van der Waals surface area contributed by atoms with Crippen molar-refractivity contribution < 1.29 is 5.11 Å². The van der Waals surface area contributed by atoms with Crippen molar-refractivity contribution in [3.63, 3.8) is 0 Å². The molecule has 1 aliphatic heterocycles. The van der Waals surface area contributed by atoms with Gasteiger partial charge in [-0.2, -0.15) is 5.10 Å². The summed E-state index contributed by atoms with van der Waals surface area (Å²) in [7, 11) is 0.547. The number of aromatic hydroxyl groups is 1. The second-order valence-electron chi connectivity index (χ2n) is 10.1. The Morgan fingerprint density at radius 3 is 2.39 bits per heavy atom. The Labute approximate surface area is 190 Å². The smallest absolute Gasteiger partial charge is 0.122 e. The molecule has 3 nitrogen and oxygen atoms in total. The van der Waals surface area contributed by atoms with Crippen LogP contribution in [0.4, 0.5) is 0 Å². The summed E-state index contributed by atoms with van der Waals surface area (Å²) in [6.07, 6.45) is 6.79. The van der Waals surface area contributed by atoms with E-state index in [1.807, 2.05) is 13.1 Å². The van der Waals surface area contributed by atoms with Gasteiger partial charge in [0.1, 0.15) is 5.75 Å². The summed E-state index contributed by atoms with van der Waals surface area (Å²) in [6, 6.07) is 13.0. The van der Waals surface area contributed by atoms with Crippen LogP contribution in [0.25, 0.3) is 0 Å². The highest BCUT2D eigenvalue weighted by molar-refractivity contribution is 7.48. The third-order valence-electron chi connectivity index (χ3n) is 6.53. The molecule has 0 aliphatic carbocycles. The minimum absolute atomic E-state index is 0.0456. The molecule has 0 spiro atoms. The zero-order chi connectivity index (χ0) is 22.6. The number of phenolic OH excluding ortho intramolecular Hbond substituents is 1. The van der Waals surface area contributed by atoms with E-state index in [4.69, 9.17) is 5.10 Å². The Kier molecular flexibility index (Phi) is 7.47. The molecule has 0 amide bonds. The quantitative estimate of drug-likeness (QED) is 0.416. The molecule has 1 saturated heterocycles. The fraction of sp³-hybridized carbons (Fsp3) is 0.519. The molecule has 0 aromatic heterocycles. The molecule has 1 N–H and O–H groups in total. The van der Waals surface area contributed by atoms with E-state index in [-0.39, 0.29) is 10.6 Å². The summed E-state index contributed by atoms with van der Waals surface area (Å²) >= 11 is 0. The van der Waals surface area contributed by atoms with E-state index in [0.717, 1.165) is 30.6 Å². The summed E-state index contributed by atoms with van der Waals surface area (Å²) in [5.41, 5.74) is 4.55. The monoisotopic (exact) mass is 438 g/mol. The Hall–Kier alpha value is -1.86. The van der Waals surface area contributed by atoms with Gasteiger partial charge in [-0.25, -0.2) is 0 Å². The maximum absolute atomic E-state index is 11.0. The molecular weight excluding hydrogens is 399 g/mol. The molecular formula is C27H39N2OP. The molecule has 0 bridgehead atoms. The molecule has 2 aromatic rings. The molecule has 0 saturated carbocycles. The maximum atomic E-state index is 11.0. The number of piperidine rings is 1. The van der Waals surface area contributed by atoms with Gasteiger partial charge in [0.05, 0.1) is 6.21 Å². The fourth-order valence-corrected chi connectivity index (χ4v) is 5.70. The summed E-state index contributed by atoms with van der Waals surface area (Å²) < 4.78 is 0. The van der Waals surface area contributed by atoms with Crippen LogP contribution in [0.1, 0.15) is 82.6 Å². The van der Waals surface area contributed by atoms with Gasteiger partial charge in [-0.1, -0.05) is 79.6 Å². The highest BCUT2D eigenvalue weighted by Crippen LogP contribution is 2.49.